The van der Waals surface area contributed by atoms with Crippen LogP contribution in [0.1, 0.15) is 0 Å². The van der Waals surface area contributed by atoms with Crippen LogP contribution in [0.15, 0.2) is 0 Å². The van der Waals surface area contributed by atoms with Crippen molar-refractivity contribution >= 4 is 22.5 Å². The first-order chi connectivity index (χ1) is 6.37. The Labute approximate surface area is 101 Å². The standard InChI is InChI=1S/CH4O6P2.CH2O2.CH4O.Ti/c1-6-8(2)7-9(3,4)5;2-1-3;1-2;/h1H3,(H-,3,4,5);1H,(H,2,3);2H,1H3;/p+1. The van der Waals surface area contributed by atoms with Gasteiger partial charge in [-0.1, -0.05) is 0 Å². The van der Waals surface area contributed by atoms with E-state index in [9.17, 15) is 9.13 Å². The number of carbonyl (C=O) groups is 1. The SMILES string of the molecule is CO.CO[P+](=O)OP(=O)(O)O.O=CO.[Ti]. The predicted octanol–water partition coefficient (Wildman–Crippen LogP) is -0.294. The largest absolute Gasteiger partial charge is 0.708 e. The Bertz CT molecular complexity index is 190. The van der Waals surface area contributed by atoms with Crippen LogP contribution < -0.4 is 0 Å². The third-order valence-electron chi connectivity index (χ3n) is 0.322. The van der Waals surface area contributed by atoms with Crippen LogP contribution in [0.3, 0.4) is 0 Å². The summed E-state index contributed by atoms with van der Waals surface area (Å²) in [5, 5.41) is 13.9. The van der Waals surface area contributed by atoms with Crippen molar-refractivity contribution in [2.75, 3.05) is 14.2 Å². The maximum absolute atomic E-state index is 10.0. The second-order valence-corrected chi connectivity index (χ2v) is 3.53. The van der Waals surface area contributed by atoms with Crippen LogP contribution in [0, 0.1) is 0 Å². The molecule has 0 radical (unpaired) electrons. The third kappa shape index (κ3) is 40.6. The fraction of sp³-hybridized carbons (Fsp3) is 0.667. The van der Waals surface area contributed by atoms with Crippen LogP contribution in [-0.2, 0) is 44.5 Å². The quantitative estimate of drug-likeness (QED) is 0.313. The normalized spacial score (nSPS) is 9.27. The van der Waals surface area contributed by atoms with Gasteiger partial charge < -0.3 is 20.0 Å². The summed E-state index contributed by atoms with van der Waals surface area (Å²) >= 11 is 0. The number of rotatable bonds is 3. The first-order valence-electron chi connectivity index (χ1n) is 2.66. The topological polar surface area (TPSA) is 151 Å². The Kier molecular flexibility index (Phi) is 27.3. The van der Waals surface area contributed by atoms with Crippen molar-refractivity contribution in [3.8, 4) is 0 Å². The van der Waals surface area contributed by atoms with E-state index in [0.29, 0.717) is 0 Å². The monoisotopic (exact) mass is 301 g/mol. The number of aliphatic hydroxyl groups excluding tert-OH is 1. The summed E-state index contributed by atoms with van der Waals surface area (Å²) in [4.78, 5) is 24.2. The second kappa shape index (κ2) is 16.7. The number of hydrogen-bond acceptors (Lipinski definition) is 6. The molecule has 0 aromatic rings. The molecular weight excluding hydrogens is 290 g/mol. The number of hydrogen-bond donors (Lipinski definition) is 4. The summed E-state index contributed by atoms with van der Waals surface area (Å²) in [6.45, 7) is -0.250. The van der Waals surface area contributed by atoms with Crippen molar-refractivity contribution in [1.29, 1.82) is 0 Å². The minimum Gasteiger partial charge on any atom is -0.483 e. The minimum atomic E-state index is -4.65. The fourth-order valence-corrected chi connectivity index (χ4v) is 1.08. The molecule has 90 valence electrons. The van der Waals surface area contributed by atoms with Crippen molar-refractivity contribution in [2.45, 2.75) is 0 Å². The van der Waals surface area contributed by atoms with E-state index in [1.54, 1.807) is 0 Å². The summed E-state index contributed by atoms with van der Waals surface area (Å²) in [6.07, 6.45) is 0. The number of carboxylic acid groups (broad SMARTS) is 1. The molecule has 0 saturated heterocycles. The summed E-state index contributed by atoms with van der Waals surface area (Å²) < 4.78 is 27.3. The molecule has 1 atom stereocenters. The molecule has 0 saturated carbocycles. The second-order valence-electron chi connectivity index (χ2n) is 1.08. The zero-order valence-electron chi connectivity index (χ0n) is 7.80. The zero-order valence-corrected chi connectivity index (χ0v) is 11.2. The van der Waals surface area contributed by atoms with Crippen LogP contribution in [-0.4, -0.2) is 40.7 Å². The molecule has 0 spiro atoms. The molecule has 0 bridgehead atoms. The van der Waals surface area contributed by atoms with Crippen molar-refractivity contribution in [1.82, 2.24) is 0 Å². The van der Waals surface area contributed by atoms with Gasteiger partial charge in [0.25, 0.3) is 6.47 Å². The summed E-state index contributed by atoms with van der Waals surface area (Å²) in [5.41, 5.74) is 0. The van der Waals surface area contributed by atoms with E-state index in [2.05, 4.69) is 8.83 Å². The molecule has 0 heterocycles. The van der Waals surface area contributed by atoms with Crippen molar-refractivity contribution in [2.24, 2.45) is 0 Å². The molecule has 9 nitrogen and oxygen atoms in total. The van der Waals surface area contributed by atoms with Crippen LogP contribution in [0.5, 0.6) is 0 Å². The number of phosphoric acid groups is 1. The van der Waals surface area contributed by atoms with Gasteiger partial charge in [0.1, 0.15) is 0 Å². The average molecular weight is 301 g/mol. The van der Waals surface area contributed by atoms with Gasteiger partial charge >= 0.3 is 16.1 Å². The van der Waals surface area contributed by atoms with E-state index in [-0.39, 0.29) is 28.2 Å². The molecular formula is C3H11O9P2Ti+. The minimum absolute atomic E-state index is 0. The Morgan fingerprint density at radius 2 is 1.60 bits per heavy atom. The van der Waals surface area contributed by atoms with Gasteiger partial charge in [0.05, 0.1) is 7.11 Å². The maximum atomic E-state index is 10.0. The van der Waals surface area contributed by atoms with Gasteiger partial charge in [-0.15, -0.1) is 4.52 Å². The molecule has 4 N–H and O–H groups in total. The van der Waals surface area contributed by atoms with E-state index in [1.807, 2.05) is 0 Å². The average Bonchev–Trinajstić information content (AvgIpc) is 2.06. The molecule has 0 amide bonds. The first kappa shape index (κ1) is 24.5. The third-order valence-corrected chi connectivity index (χ3v) is 2.00. The zero-order chi connectivity index (χ0) is 12.2. The van der Waals surface area contributed by atoms with Gasteiger partial charge in [-0.2, -0.15) is 0 Å². The van der Waals surface area contributed by atoms with E-state index in [4.69, 9.17) is 24.8 Å². The van der Waals surface area contributed by atoms with E-state index in [1.165, 1.54) is 0 Å². The molecule has 0 aromatic heterocycles. The Balaban J connectivity index is -0.0000000867. The Morgan fingerprint density at radius 3 is 1.67 bits per heavy atom. The van der Waals surface area contributed by atoms with Gasteiger partial charge in [-0.25, -0.2) is 4.57 Å². The predicted molar refractivity (Wildman–Crippen MR) is 44.6 cm³/mol. The van der Waals surface area contributed by atoms with Crippen LogP contribution in [0.2, 0.25) is 0 Å². The van der Waals surface area contributed by atoms with E-state index >= 15 is 0 Å². The van der Waals surface area contributed by atoms with Gasteiger partial charge in [-0.05, 0) is 4.31 Å². The molecule has 0 rings (SSSR count). The van der Waals surface area contributed by atoms with Crippen molar-refractivity contribution in [3.05, 3.63) is 0 Å². The van der Waals surface area contributed by atoms with E-state index < -0.39 is 16.1 Å². The van der Waals surface area contributed by atoms with Gasteiger partial charge in [0.15, 0.2) is 0 Å². The van der Waals surface area contributed by atoms with Crippen molar-refractivity contribution in [3.63, 3.8) is 0 Å². The Hall–Kier alpha value is 0.314. The molecule has 0 aliphatic heterocycles. The molecule has 12 heteroatoms. The smallest absolute Gasteiger partial charge is 0.483 e. The van der Waals surface area contributed by atoms with Crippen LogP contribution in [0.4, 0.5) is 0 Å². The molecule has 15 heavy (non-hydrogen) atoms. The summed E-state index contributed by atoms with van der Waals surface area (Å²) in [5.74, 6) is 0. The Morgan fingerprint density at radius 1 is 1.33 bits per heavy atom. The molecule has 0 fully saturated rings. The maximum Gasteiger partial charge on any atom is 0.708 e. The van der Waals surface area contributed by atoms with Crippen LogP contribution >= 0.6 is 16.1 Å². The first-order valence-corrected chi connectivity index (χ1v) is 5.29. The fourth-order valence-electron chi connectivity index (χ4n) is 0.120. The summed E-state index contributed by atoms with van der Waals surface area (Å²) in [6, 6.07) is 0. The molecule has 0 aliphatic carbocycles. The molecule has 1 unspecified atom stereocenters. The van der Waals surface area contributed by atoms with Crippen molar-refractivity contribution < 1.29 is 64.5 Å². The summed E-state index contributed by atoms with van der Waals surface area (Å²) in [7, 11) is -5.32. The van der Waals surface area contributed by atoms with Crippen LogP contribution in [0.25, 0.3) is 0 Å². The molecule has 0 aliphatic rings. The van der Waals surface area contributed by atoms with E-state index in [0.717, 1.165) is 14.2 Å². The molecule has 0 aromatic carbocycles. The van der Waals surface area contributed by atoms with Gasteiger partial charge in [0.2, 0.25) is 0 Å². The van der Waals surface area contributed by atoms with Gasteiger partial charge in [0, 0.05) is 33.4 Å². The van der Waals surface area contributed by atoms with Gasteiger partial charge in [-0.3, -0.25) is 4.79 Å². The number of aliphatic hydroxyl groups is 1.